The van der Waals surface area contributed by atoms with E-state index in [2.05, 4.69) is 16.8 Å². The van der Waals surface area contributed by atoms with Crippen LogP contribution in [0.5, 0.6) is 0 Å². The van der Waals surface area contributed by atoms with Crippen molar-refractivity contribution in [3.05, 3.63) is 17.1 Å². The van der Waals surface area contributed by atoms with E-state index < -0.39 is 0 Å². The van der Waals surface area contributed by atoms with Crippen LogP contribution in [0.15, 0.2) is 0 Å². The molecular weight excluding hydrogens is 252 g/mol. The van der Waals surface area contributed by atoms with Crippen molar-refractivity contribution < 1.29 is 4.74 Å². The molecule has 0 aromatic carbocycles. The average molecular weight is 276 g/mol. The first-order chi connectivity index (χ1) is 9.78. The van der Waals surface area contributed by atoms with Crippen LogP contribution in [-0.2, 0) is 17.6 Å². The monoisotopic (exact) mass is 276 g/mol. The van der Waals surface area contributed by atoms with Gasteiger partial charge in [-0.25, -0.2) is 9.97 Å². The van der Waals surface area contributed by atoms with E-state index in [9.17, 15) is 0 Å². The van der Waals surface area contributed by atoms with Crippen LogP contribution in [0.1, 0.15) is 49.4 Å². The molecule has 0 radical (unpaired) electrons. The zero-order valence-corrected chi connectivity index (χ0v) is 12.3. The minimum atomic E-state index is -0.0282. The highest BCUT2D eigenvalue weighted by atomic mass is 16.5. The van der Waals surface area contributed by atoms with Crippen molar-refractivity contribution in [2.24, 2.45) is 0 Å². The van der Waals surface area contributed by atoms with E-state index >= 15 is 0 Å². The molecule has 1 atom stereocenters. The number of ether oxygens (including phenoxy) is 1. The number of hydrogen-bond acceptors (Lipinski definition) is 5. The Bertz CT molecular complexity index is 477. The van der Waals surface area contributed by atoms with Crippen molar-refractivity contribution in [1.29, 1.82) is 0 Å². The Balaban J connectivity index is 1.86. The second kappa shape index (κ2) is 6.06. The van der Waals surface area contributed by atoms with Crippen LogP contribution in [0.3, 0.4) is 0 Å². The zero-order valence-electron chi connectivity index (χ0n) is 12.3. The van der Waals surface area contributed by atoms with E-state index in [1.54, 1.807) is 0 Å². The lowest BCUT2D eigenvalue weighted by Crippen LogP contribution is -2.38. The Morgan fingerprint density at radius 1 is 1.25 bits per heavy atom. The van der Waals surface area contributed by atoms with Gasteiger partial charge in [-0.2, -0.15) is 0 Å². The zero-order chi connectivity index (χ0) is 13.9. The fourth-order valence-electron chi connectivity index (χ4n) is 3.11. The maximum absolute atomic E-state index is 6.17. The van der Waals surface area contributed by atoms with E-state index in [-0.39, 0.29) is 6.10 Å². The van der Waals surface area contributed by atoms with Gasteiger partial charge in [-0.3, -0.25) is 4.90 Å². The van der Waals surface area contributed by atoms with Gasteiger partial charge in [0.05, 0.1) is 6.61 Å². The van der Waals surface area contributed by atoms with Crippen LogP contribution in [0.2, 0.25) is 0 Å². The number of aryl methyl sites for hydroxylation is 1. The van der Waals surface area contributed by atoms with E-state index in [1.165, 1.54) is 24.8 Å². The number of likely N-dealkylation sites (N-methyl/N-ethyl adjacent to an activating group) is 1. The van der Waals surface area contributed by atoms with E-state index in [4.69, 9.17) is 15.5 Å². The number of hydrogen-bond donors (Lipinski definition) is 1. The molecule has 1 saturated heterocycles. The molecule has 0 spiro atoms. The Kier molecular flexibility index (Phi) is 4.17. The van der Waals surface area contributed by atoms with Crippen molar-refractivity contribution in [1.82, 2.24) is 14.9 Å². The third-order valence-electron chi connectivity index (χ3n) is 4.37. The fraction of sp³-hybridized carbons (Fsp3) is 0.733. The van der Waals surface area contributed by atoms with Crippen molar-refractivity contribution in [2.45, 2.75) is 45.1 Å². The quantitative estimate of drug-likeness (QED) is 0.833. The molecular formula is C15H24N4O. The van der Waals surface area contributed by atoms with Gasteiger partial charge in [0.15, 0.2) is 5.82 Å². The summed E-state index contributed by atoms with van der Waals surface area (Å²) >= 11 is 0. The van der Waals surface area contributed by atoms with Crippen molar-refractivity contribution in [3.8, 4) is 0 Å². The summed E-state index contributed by atoms with van der Waals surface area (Å²) in [6, 6.07) is 0. The minimum absolute atomic E-state index is 0.0282. The first-order valence-corrected chi connectivity index (χ1v) is 7.77. The van der Waals surface area contributed by atoms with Crippen LogP contribution in [0, 0.1) is 0 Å². The van der Waals surface area contributed by atoms with Crippen LogP contribution in [0.25, 0.3) is 0 Å². The van der Waals surface area contributed by atoms with E-state index in [0.717, 1.165) is 50.6 Å². The number of nitrogens with zero attached hydrogens (tertiary/aromatic N) is 3. The third-order valence-corrected chi connectivity index (χ3v) is 4.37. The maximum Gasteiger partial charge on any atom is 0.161 e. The van der Waals surface area contributed by atoms with Crippen LogP contribution >= 0.6 is 0 Å². The molecule has 1 aliphatic carbocycles. The molecule has 1 aromatic heterocycles. The molecule has 1 aliphatic heterocycles. The van der Waals surface area contributed by atoms with Gasteiger partial charge in [-0.1, -0.05) is 13.3 Å². The lowest BCUT2D eigenvalue weighted by molar-refractivity contribution is -0.0326. The molecule has 1 unspecified atom stereocenters. The molecule has 2 heterocycles. The molecule has 3 rings (SSSR count). The van der Waals surface area contributed by atoms with Crippen molar-refractivity contribution in [2.75, 3.05) is 32.0 Å². The lowest BCUT2D eigenvalue weighted by Gasteiger charge is -2.31. The summed E-state index contributed by atoms with van der Waals surface area (Å²) in [6.45, 7) is 5.83. The highest BCUT2D eigenvalue weighted by Gasteiger charge is 2.25. The van der Waals surface area contributed by atoms with Crippen molar-refractivity contribution in [3.63, 3.8) is 0 Å². The lowest BCUT2D eigenvalue weighted by atomic mass is 10.1. The topological polar surface area (TPSA) is 64.3 Å². The summed E-state index contributed by atoms with van der Waals surface area (Å²) in [7, 11) is 0. The smallest absolute Gasteiger partial charge is 0.161 e. The summed E-state index contributed by atoms with van der Waals surface area (Å²) in [6.07, 6.45) is 5.68. The molecule has 1 fully saturated rings. The van der Waals surface area contributed by atoms with Gasteiger partial charge in [0.1, 0.15) is 11.9 Å². The number of aromatic nitrogens is 2. The minimum Gasteiger partial charge on any atom is -0.383 e. The average Bonchev–Trinajstić information content (AvgIpc) is 2.73. The van der Waals surface area contributed by atoms with Crippen LogP contribution < -0.4 is 5.73 Å². The summed E-state index contributed by atoms with van der Waals surface area (Å²) in [5, 5.41) is 0. The first-order valence-electron chi connectivity index (χ1n) is 7.77. The fourth-order valence-corrected chi connectivity index (χ4v) is 3.11. The predicted molar refractivity (Wildman–Crippen MR) is 78.5 cm³/mol. The Morgan fingerprint density at radius 2 is 2.10 bits per heavy atom. The number of nitrogens with two attached hydrogens (primary N) is 1. The highest BCUT2D eigenvalue weighted by molar-refractivity contribution is 5.43. The highest BCUT2D eigenvalue weighted by Crippen LogP contribution is 2.26. The summed E-state index contributed by atoms with van der Waals surface area (Å²) in [4.78, 5) is 11.7. The second-order valence-electron chi connectivity index (χ2n) is 5.71. The Hall–Kier alpha value is -1.20. The Labute approximate surface area is 120 Å². The molecule has 0 bridgehead atoms. The predicted octanol–water partition coefficient (Wildman–Crippen LogP) is 1.72. The molecule has 0 saturated carbocycles. The third kappa shape index (κ3) is 2.79. The van der Waals surface area contributed by atoms with Gasteiger partial charge in [0.25, 0.3) is 0 Å². The molecule has 20 heavy (non-hydrogen) atoms. The summed E-state index contributed by atoms with van der Waals surface area (Å²) in [5.74, 6) is 1.45. The van der Waals surface area contributed by atoms with Gasteiger partial charge in [0, 0.05) is 24.3 Å². The number of rotatable bonds is 2. The number of fused-ring (bicyclic) bond motifs is 1. The second-order valence-corrected chi connectivity index (χ2v) is 5.71. The summed E-state index contributed by atoms with van der Waals surface area (Å²) < 4.78 is 5.85. The van der Waals surface area contributed by atoms with Crippen LogP contribution in [0.4, 0.5) is 5.82 Å². The van der Waals surface area contributed by atoms with E-state index in [1.807, 2.05) is 0 Å². The molecule has 5 nitrogen and oxygen atoms in total. The molecule has 110 valence electrons. The number of nitrogen functional groups attached to an aromatic ring is 1. The molecule has 2 aliphatic rings. The van der Waals surface area contributed by atoms with Crippen LogP contribution in [-0.4, -0.2) is 41.1 Å². The Morgan fingerprint density at radius 3 is 2.95 bits per heavy atom. The van der Waals surface area contributed by atoms with Gasteiger partial charge >= 0.3 is 0 Å². The van der Waals surface area contributed by atoms with Gasteiger partial charge < -0.3 is 10.5 Å². The largest absolute Gasteiger partial charge is 0.383 e. The van der Waals surface area contributed by atoms with E-state index in [0.29, 0.717) is 5.82 Å². The molecule has 2 N–H and O–H groups in total. The normalized spacial score (nSPS) is 24.1. The van der Waals surface area contributed by atoms with Gasteiger partial charge in [-0.05, 0) is 32.2 Å². The van der Waals surface area contributed by atoms with Crippen molar-refractivity contribution >= 4 is 5.82 Å². The van der Waals surface area contributed by atoms with Gasteiger partial charge in [0.2, 0.25) is 0 Å². The summed E-state index contributed by atoms with van der Waals surface area (Å²) in [5.41, 5.74) is 8.50. The first kappa shape index (κ1) is 13.8. The number of anilines is 1. The van der Waals surface area contributed by atoms with Gasteiger partial charge in [-0.15, -0.1) is 0 Å². The molecule has 1 aromatic rings. The molecule has 0 amide bonds. The number of morpholine rings is 1. The SMILES string of the molecule is CCN1CCOC(c2nc(N)c3c(n2)CCCCC3)C1. The molecule has 5 heteroatoms. The standard InChI is InChI=1S/C15H24N4O/c1-2-19-8-9-20-13(10-19)15-17-12-7-5-3-4-6-11(12)14(16)18-15/h13H,2-10H2,1H3,(H2,16,17,18). The maximum atomic E-state index is 6.17.